The summed E-state index contributed by atoms with van der Waals surface area (Å²) in [6.07, 6.45) is 65.2. The van der Waals surface area contributed by atoms with Gasteiger partial charge in [0.15, 0.2) is 0 Å². The summed E-state index contributed by atoms with van der Waals surface area (Å²) >= 11 is 0. The molecule has 0 spiro atoms. The smallest absolute Gasteiger partial charge is 0.0639 e. The molecule has 0 heterocycles. The average molecular weight is 849 g/mol. The molecule has 0 fully saturated rings. The van der Waals surface area contributed by atoms with E-state index in [1.807, 2.05) is 6.21 Å². The van der Waals surface area contributed by atoms with Crippen molar-refractivity contribution in [1.29, 1.82) is 0 Å². The molecule has 2 aromatic rings. The Morgan fingerprint density at radius 1 is 0.371 bits per heavy atom. The third-order valence-corrected chi connectivity index (χ3v) is 12.7. The highest BCUT2D eigenvalue weighted by molar-refractivity contribution is 6.31. The molecule has 2 nitrogen and oxygen atoms in total. The molecule has 62 heavy (non-hydrogen) atoms. The van der Waals surface area contributed by atoms with Crippen molar-refractivity contribution < 1.29 is 0 Å². The van der Waals surface area contributed by atoms with Crippen LogP contribution in [-0.4, -0.2) is 11.9 Å². The zero-order chi connectivity index (χ0) is 44.1. The van der Waals surface area contributed by atoms with Gasteiger partial charge >= 0.3 is 0 Å². The summed E-state index contributed by atoms with van der Waals surface area (Å²) in [7, 11) is 0. The highest BCUT2D eigenvalue weighted by atomic mass is 14.8. The van der Waals surface area contributed by atoms with E-state index in [2.05, 4.69) is 93.6 Å². The molecular formula is C60H100N2. The first-order valence-corrected chi connectivity index (χ1v) is 27.4. The van der Waals surface area contributed by atoms with Gasteiger partial charge in [-0.15, -0.1) is 0 Å². The van der Waals surface area contributed by atoms with E-state index >= 15 is 0 Å². The number of aliphatic imine (C=N–C) groups is 2. The van der Waals surface area contributed by atoms with Crippen LogP contribution in [0.15, 0.2) is 70.7 Å². The van der Waals surface area contributed by atoms with Crippen LogP contribution >= 0.6 is 0 Å². The van der Waals surface area contributed by atoms with Gasteiger partial charge in [0.2, 0.25) is 0 Å². The number of unbranched alkanes of at least 4 members (excludes halogenated alkanes) is 35. The highest BCUT2D eigenvalue weighted by Gasteiger charge is 2.01. The summed E-state index contributed by atoms with van der Waals surface area (Å²) < 4.78 is 0. The molecule has 0 amide bonds. The van der Waals surface area contributed by atoms with E-state index in [9.17, 15) is 0 Å². The quantitative estimate of drug-likeness (QED) is 0.0469. The Kier molecular flexibility index (Phi) is 38.9. The summed E-state index contributed by atoms with van der Waals surface area (Å²) in [5.74, 6) is 0. The molecule has 2 heteroatoms. The predicted octanol–water partition coefficient (Wildman–Crippen LogP) is 21.5. The lowest BCUT2D eigenvalue weighted by Crippen LogP contribution is -1.99. The van der Waals surface area contributed by atoms with Crippen molar-refractivity contribution in [3.63, 3.8) is 0 Å². The van der Waals surface area contributed by atoms with E-state index in [0.29, 0.717) is 0 Å². The topological polar surface area (TPSA) is 24.7 Å². The predicted molar refractivity (Wildman–Crippen MR) is 283 cm³/mol. The molecule has 0 radical (unpaired) electrons. The van der Waals surface area contributed by atoms with E-state index in [4.69, 9.17) is 9.98 Å². The van der Waals surface area contributed by atoms with Crippen molar-refractivity contribution in [2.75, 3.05) is 0 Å². The fraction of sp³-hybridized carbons (Fsp3) is 0.700. The van der Waals surface area contributed by atoms with Crippen molar-refractivity contribution in [3.8, 4) is 0 Å². The lowest BCUT2D eigenvalue weighted by atomic mass is 10.0. The lowest BCUT2D eigenvalue weighted by molar-refractivity contribution is 0.527. The third-order valence-electron chi connectivity index (χ3n) is 12.7. The number of hydrogen-bond donors (Lipinski definition) is 0. The van der Waals surface area contributed by atoms with E-state index in [0.717, 1.165) is 49.2 Å². The van der Waals surface area contributed by atoms with E-state index < -0.39 is 0 Å². The molecule has 350 valence electrons. The zero-order valence-electron chi connectivity index (χ0n) is 41.5. The van der Waals surface area contributed by atoms with Gasteiger partial charge in [-0.05, 0) is 73.9 Å². The van der Waals surface area contributed by atoms with Crippen molar-refractivity contribution in [2.24, 2.45) is 9.98 Å². The molecule has 0 aliphatic heterocycles. The van der Waals surface area contributed by atoms with Crippen LogP contribution in [0.4, 0.5) is 11.4 Å². The second kappa shape index (κ2) is 43.5. The minimum absolute atomic E-state index is 0.943. The standard InChI is InChI=1S/C60H100N2/c1-4-7-10-12-14-16-18-20-22-24-26-28-30-32-34-36-38-40-42-46-56-48-44-51-58(53-56)61-55-60(50-9-6-3)62-59-52-45-49-57(54-59)47-43-41-39-37-35-33-31-29-27-25-23-21-19-17-15-13-11-8-5-2/h42-49,51-55H,4-41,50H2,1-3H3. The first-order valence-electron chi connectivity index (χ1n) is 27.4. The van der Waals surface area contributed by atoms with Gasteiger partial charge in [-0.1, -0.05) is 281 Å². The molecule has 0 saturated heterocycles. The monoisotopic (exact) mass is 849 g/mol. The number of allylic oxidation sites excluding steroid dienone is 2. The Hall–Kier alpha value is -2.74. The van der Waals surface area contributed by atoms with Crippen LogP contribution in [0.2, 0.25) is 0 Å². The maximum atomic E-state index is 5.08. The van der Waals surface area contributed by atoms with E-state index in [-0.39, 0.29) is 0 Å². The lowest BCUT2D eigenvalue weighted by Gasteiger charge is -2.04. The van der Waals surface area contributed by atoms with Gasteiger partial charge < -0.3 is 0 Å². The summed E-state index contributed by atoms with van der Waals surface area (Å²) in [6, 6.07) is 17.3. The molecule has 0 unspecified atom stereocenters. The largest absolute Gasteiger partial charge is 0.255 e. The van der Waals surface area contributed by atoms with Crippen molar-refractivity contribution in [3.05, 3.63) is 71.8 Å². The molecule has 0 atom stereocenters. The van der Waals surface area contributed by atoms with Crippen LogP contribution in [0.3, 0.4) is 0 Å². The van der Waals surface area contributed by atoms with E-state index in [1.54, 1.807) is 0 Å². The molecule has 2 aromatic carbocycles. The Balaban J connectivity index is 1.59. The number of benzene rings is 2. The van der Waals surface area contributed by atoms with Gasteiger partial charge in [0.05, 0.1) is 17.1 Å². The fourth-order valence-corrected chi connectivity index (χ4v) is 8.64. The minimum Gasteiger partial charge on any atom is -0.255 e. The van der Waals surface area contributed by atoms with Gasteiger partial charge in [0.1, 0.15) is 0 Å². The molecule has 0 N–H and O–H groups in total. The second-order valence-corrected chi connectivity index (χ2v) is 18.9. The maximum Gasteiger partial charge on any atom is 0.0639 e. The third kappa shape index (κ3) is 34.7. The van der Waals surface area contributed by atoms with Crippen molar-refractivity contribution in [2.45, 2.75) is 271 Å². The molecule has 0 aliphatic rings. The van der Waals surface area contributed by atoms with Crippen LogP contribution in [0.1, 0.15) is 282 Å². The van der Waals surface area contributed by atoms with Crippen LogP contribution in [0.25, 0.3) is 12.2 Å². The van der Waals surface area contributed by atoms with Crippen molar-refractivity contribution >= 4 is 35.5 Å². The summed E-state index contributed by atoms with van der Waals surface area (Å²) in [5.41, 5.74) is 5.53. The van der Waals surface area contributed by atoms with Crippen LogP contribution < -0.4 is 0 Å². The fourth-order valence-electron chi connectivity index (χ4n) is 8.64. The second-order valence-electron chi connectivity index (χ2n) is 18.9. The highest BCUT2D eigenvalue weighted by Crippen LogP contribution is 2.21. The first-order chi connectivity index (χ1) is 30.7. The number of nitrogens with zero attached hydrogens (tertiary/aromatic N) is 2. The normalized spacial score (nSPS) is 12.3. The van der Waals surface area contributed by atoms with Gasteiger partial charge in [0.25, 0.3) is 0 Å². The molecule has 0 bridgehead atoms. The van der Waals surface area contributed by atoms with Gasteiger partial charge in [-0.3, -0.25) is 9.98 Å². The summed E-state index contributed by atoms with van der Waals surface area (Å²) in [4.78, 5) is 9.98. The zero-order valence-corrected chi connectivity index (χ0v) is 41.5. The number of rotatable bonds is 44. The first kappa shape index (κ1) is 55.4. The Morgan fingerprint density at radius 2 is 0.694 bits per heavy atom. The van der Waals surface area contributed by atoms with Gasteiger partial charge in [0, 0.05) is 6.21 Å². The minimum atomic E-state index is 0.943. The van der Waals surface area contributed by atoms with Gasteiger partial charge in [-0.2, -0.15) is 0 Å². The molecule has 0 saturated carbocycles. The molecule has 0 aliphatic carbocycles. The Bertz CT molecular complexity index is 1380. The van der Waals surface area contributed by atoms with Crippen LogP contribution in [-0.2, 0) is 0 Å². The van der Waals surface area contributed by atoms with Gasteiger partial charge in [-0.25, -0.2) is 0 Å². The van der Waals surface area contributed by atoms with Crippen molar-refractivity contribution in [1.82, 2.24) is 0 Å². The number of hydrogen-bond acceptors (Lipinski definition) is 2. The van der Waals surface area contributed by atoms with Crippen LogP contribution in [0.5, 0.6) is 0 Å². The maximum absolute atomic E-state index is 5.08. The van der Waals surface area contributed by atoms with Crippen LogP contribution in [0, 0.1) is 0 Å². The Labute approximate surface area is 386 Å². The average Bonchev–Trinajstić information content (AvgIpc) is 3.29. The molecular weight excluding hydrogens is 749 g/mol. The SMILES string of the molecule is CCCCCCCCCCCCCCCCCCCC=Cc1cccc(N=CC(CCCC)=Nc2cccc(C=CCCCCCCCCCCCCCCCCCCC)c2)c1. The Morgan fingerprint density at radius 3 is 1.06 bits per heavy atom. The molecule has 2 rings (SSSR count). The van der Waals surface area contributed by atoms with E-state index in [1.165, 1.54) is 229 Å². The molecule has 0 aromatic heterocycles. The summed E-state index contributed by atoms with van der Waals surface area (Å²) in [6.45, 7) is 6.85. The summed E-state index contributed by atoms with van der Waals surface area (Å²) in [5, 5.41) is 0.